The third kappa shape index (κ3) is 4.45. The molecule has 0 unspecified atom stereocenters. The first-order valence-electron chi connectivity index (χ1n) is 10.7. The number of piperazine rings is 1. The Kier molecular flexibility index (Phi) is 5.79. The number of benzene rings is 3. The van der Waals surface area contributed by atoms with Crippen LogP contribution in [-0.2, 0) is 0 Å². The fraction of sp³-hybridized carbons (Fsp3) is 0.160. The van der Waals surface area contributed by atoms with Crippen molar-refractivity contribution in [1.29, 1.82) is 0 Å². The van der Waals surface area contributed by atoms with Crippen molar-refractivity contribution < 1.29 is 9.18 Å². The molecule has 1 aliphatic rings. The van der Waals surface area contributed by atoms with Gasteiger partial charge in [0.15, 0.2) is 5.82 Å². The van der Waals surface area contributed by atoms with Crippen LogP contribution in [0.3, 0.4) is 0 Å². The van der Waals surface area contributed by atoms with Crippen molar-refractivity contribution in [2.75, 3.05) is 31.1 Å². The van der Waals surface area contributed by atoms with Crippen molar-refractivity contribution in [1.82, 2.24) is 19.7 Å². The average Bonchev–Trinajstić information content (AvgIpc) is 3.30. The van der Waals surface area contributed by atoms with E-state index >= 15 is 0 Å². The number of hydrogen-bond donors (Lipinski definition) is 0. The Morgan fingerprint density at radius 2 is 1.58 bits per heavy atom. The van der Waals surface area contributed by atoms with Gasteiger partial charge in [0, 0.05) is 42.5 Å². The minimum atomic E-state index is -0.261. The lowest BCUT2D eigenvalue weighted by Crippen LogP contribution is -2.49. The van der Waals surface area contributed by atoms with Crippen LogP contribution < -0.4 is 4.90 Å². The first-order valence-corrected chi connectivity index (χ1v) is 11.0. The van der Waals surface area contributed by atoms with Crippen LogP contribution >= 0.6 is 11.6 Å². The number of carbonyl (C=O) groups excluding carboxylic acids is 1. The Balaban J connectivity index is 1.40. The van der Waals surface area contributed by atoms with Crippen molar-refractivity contribution in [3.63, 3.8) is 0 Å². The molecule has 0 N–H and O–H groups in total. The van der Waals surface area contributed by atoms with Gasteiger partial charge in [0.1, 0.15) is 5.82 Å². The van der Waals surface area contributed by atoms with Gasteiger partial charge in [-0.15, -0.1) is 5.10 Å². The molecule has 5 rings (SSSR count). The summed E-state index contributed by atoms with van der Waals surface area (Å²) in [7, 11) is 0. The molecule has 1 amide bonds. The zero-order chi connectivity index (χ0) is 22.8. The van der Waals surface area contributed by atoms with Crippen LogP contribution in [0.4, 0.5) is 10.1 Å². The molecular weight excluding hydrogens is 441 g/mol. The Hall–Kier alpha value is -3.71. The second-order valence-electron chi connectivity index (χ2n) is 7.77. The van der Waals surface area contributed by atoms with Gasteiger partial charge in [-0.2, -0.15) is 0 Å². The molecule has 1 fully saturated rings. The number of anilines is 1. The number of amides is 1. The fourth-order valence-corrected chi connectivity index (χ4v) is 4.11. The highest BCUT2D eigenvalue weighted by molar-refractivity contribution is 6.30. The van der Waals surface area contributed by atoms with E-state index in [2.05, 4.69) is 15.0 Å². The number of nitrogens with zero attached hydrogens (tertiary/aromatic N) is 5. The monoisotopic (exact) mass is 461 g/mol. The summed E-state index contributed by atoms with van der Waals surface area (Å²) < 4.78 is 14.9. The van der Waals surface area contributed by atoms with Crippen LogP contribution in [-0.4, -0.2) is 51.8 Å². The molecule has 166 valence electrons. The zero-order valence-electron chi connectivity index (χ0n) is 17.7. The normalized spacial score (nSPS) is 13.9. The van der Waals surface area contributed by atoms with E-state index in [4.69, 9.17) is 11.6 Å². The number of carbonyl (C=O) groups is 1. The number of hydrogen-bond acceptors (Lipinski definition) is 4. The summed E-state index contributed by atoms with van der Waals surface area (Å²) in [5.41, 5.74) is 2.53. The molecular formula is C25H21ClFN5O. The van der Waals surface area contributed by atoms with Crippen molar-refractivity contribution in [3.8, 4) is 17.1 Å². The van der Waals surface area contributed by atoms with Crippen molar-refractivity contribution in [3.05, 3.63) is 95.5 Å². The third-order valence-electron chi connectivity index (χ3n) is 5.64. The second kappa shape index (κ2) is 9.03. The largest absolute Gasteiger partial charge is 0.368 e. The molecule has 1 aliphatic heterocycles. The first kappa shape index (κ1) is 21.2. The van der Waals surface area contributed by atoms with E-state index in [1.807, 2.05) is 42.5 Å². The Morgan fingerprint density at radius 3 is 2.27 bits per heavy atom. The van der Waals surface area contributed by atoms with Gasteiger partial charge >= 0.3 is 0 Å². The molecule has 1 aromatic heterocycles. The number of halogens is 2. The standard InChI is InChI=1S/C25H21ClFN5O/c26-19-7-4-8-22(17-19)32-24(18-5-2-1-3-6-18)28-23(29-32)25(33)31-15-13-30(14-16-31)21-11-9-20(27)10-12-21/h1-12,17H,13-16H2. The van der Waals surface area contributed by atoms with Gasteiger partial charge in [-0.3, -0.25) is 4.79 Å². The minimum Gasteiger partial charge on any atom is -0.368 e. The maximum absolute atomic E-state index is 13.3. The van der Waals surface area contributed by atoms with Gasteiger partial charge in [-0.1, -0.05) is 48.0 Å². The molecule has 0 radical (unpaired) electrons. The molecule has 0 bridgehead atoms. The summed E-state index contributed by atoms with van der Waals surface area (Å²) in [4.78, 5) is 21.8. The summed E-state index contributed by atoms with van der Waals surface area (Å²) in [6, 6.07) is 23.3. The summed E-state index contributed by atoms with van der Waals surface area (Å²) in [6.07, 6.45) is 0. The predicted octanol–water partition coefficient (Wildman–Crippen LogP) is 4.69. The first-order chi connectivity index (χ1) is 16.1. The molecule has 4 aromatic rings. The third-order valence-corrected chi connectivity index (χ3v) is 5.88. The Morgan fingerprint density at radius 1 is 0.848 bits per heavy atom. The number of rotatable bonds is 4. The smallest absolute Gasteiger partial charge is 0.293 e. The van der Waals surface area contributed by atoms with Gasteiger partial charge in [0.2, 0.25) is 5.82 Å². The summed E-state index contributed by atoms with van der Waals surface area (Å²) in [6.45, 7) is 2.36. The van der Waals surface area contributed by atoms with Crippen LogP contribution in [0.2, 0.25) is 5.02 Å². The molecule has 33 heavy (non-hydrogen) atoms. The summed E-state index contributed by atoms with van der Waals surface area (Å²) in [5, 5.41) is 5.14. The van der Waals surface area contributed by atoms with Crippen molar-refractivity contribution >= 4 is 23.2 Å². The van der Waals surface area contributed by atoms with Crippen LogP contribution in [0.5, 0.6) is 0 Å². The fourth-order valence-electron chi connectivity index (χ4n) is 3.93. The minimum absolute atomic E-state index is 0.143. The summed E-state index contributed by atoms with van der Waals surface area (Å²) in [5.74, 6) is 0.241. The van der Waals surface area contributed by atoms with Crippen molar-refractivity contribution in [2.45, 2.75) is 0 Å². The SMILES string of the molecule is O=C(c1nc(-c2ccccc2)n(-c2cccc(Cl)c2)n1)N1CCN(c2ccc(F)cc2)CC1. The predicted molar refractivity (Wildman–Crippen MR) is 126 cm³/mol. The lowest BCUT2D eigenvalue weighted by Gasteiger charge is -2.35. The zero-order valence-corrected chi connectivity index (χ0v) is 18.5. The van der Waals surface area contributed by atoms with Gasteiger partial charge in [0.25, 0.3) is 5.91 Å². The highest BCUT2D eigenvalue weighted by Crippen LogP contribution is 2.24. The van der Waals surface area contributed by atoms with Gasteiger partial charge < -0.3 is 9.80 Å². The molecule has 2 heterocycles. The van der Waals surface area contributed by atoms with Crippen LogP contribution in [0.25, 0.3) is 17.1 Å². The van der Waals surface area contributed by atoms with E-state index in [9.17, 15) is 9.18 Å². The van der Waals surface area contributed by atoms with E-state index in [1.54, 1.807) is 33.8 Å². The maximum atomic E-state index is 13.3. The highest BCUT2D eigenvalue weighted by Gasteiger charge is 2.27. The molecule has 0 spiro atoms. The van der Waals surface area contributed by atoms with Gasteiger partial charge in [-0.25, -0.2) is 14.1 Å². The molecule has 1 saturated heterocycles. The summed E-state index contributed by atoms with van der Waals surface area (Å²) >= 11 is 6.19. The van der Waals surface area contributed by atoms with Crippen LogP contribution in [0.1, 0.15) is 10.6 Å². The van der Waals surface area contributed by atoms with E-state index in [1.165, 1.54) is 12.1 Å². The maximum Gasteiger partial charge on any atom is 0.293 e. The van der Waals surface area contributed by atoms with Crippen molar-refractivity contribution in [2.24, 2.45) is 0 Å². The lowest BCUT2D eigenvalue weighted by atomic mass is 10.2. The highest BCUT2D eigenvalue weighted by atomic mass is 35.5. The van der Waals surface area contributed by atoms with Gasteiger partial charge in [-0.05, 0) is 42.5 Å². The van der Waals surface area contributed by atoms with E-state index in [0.717, 1.165) is 16.9 Å². The Labute approximate surface area is 195 Å². The average molecular weight is 462 g/mol. The number of aromatic nitrogens is 3. The molecule has 3 aromatic carbocycles. The van der Waals surface area contributed by atoms with Crippen LogP contribution in [0, 0.1) is 5.82 Å². The molecule has 0 atom stereocenters. The molecule has 6 nitrogen and oxygen atoms in total. The van der Waals surface area contributed by atoms with E-state index in [0.29, 0.717) is 37.0 Å². The van der Waals surface area contributed by atoms with Crippen LogP contribution in [0.15, 0.2) is 78.9 Å². The van der Waals surface area contributed by atoms with Gasteiger partial charge in [0.05, 0.1) is 5.69 Å². The molecule has 0 saturated carbocycles. The second-order valence-corrected chi connectivity index (χ2v) is 8.21. The lowest BCUT2D eigenvalue weighted by molar-refractivity contribution is 0.0734. The quantitative estimate of drug-likeness (QED) is 0.442. The van der Waals surface area contributed by atoms with E-state index in [-0.39, 0.29) is 17.5 Å². The molecule has 8 heteroatoms. The Bertz CT molecular complexity index is 1270. The van der Waals surface area contributed by atoms with E-state index < -0.39 is 0 Å². The molecule has 0 aliphatic carbocycles. The topological polar surface area (TPSA) is 54.3 Å².